The van der Waals surface area contributed by atoms with Gasteiger partial charge in [0.25, 0.3) is 0 Å². The Hall–Kier alpha value is -0.800. The van der Waals surface area contributed by atoms with Gasteiger partial charge in [-0.05, 0) is 32.3 Å². The van der Waals surface area contributed by atoms with E-state index in [1.807, 2.05) is 6.26 Å². The minimum absolute atomic E-state index is 0.124. The standard InChI is InChI=1S/C11H22N2O5S2/c1-4-13(8-10(14)15)11(16)9(6-7-19-3)12-20(17,18)5-2/h9,12H,4-8H2,1-3H3,(H,14,15). The highest BCUT2D eigenvalue weighted by Gasteiger charge is 2.27. The van der Waals surface area contributed by atoms with Gasteiger partial charge in [0, 0.05) is 6.54 Å². The minimum atomic E-state index is -3.52. The van der Waals surface area contributed by atoms with Crippen LogP contribution >= 0.6 is 11.8 Å². The summed E-state index contributed by atoms with van der Waals surface area (Å²) in [5.41, 5.74) is 0. The van der Waals surface area contributed by atoms with E-state index in [0.29, 0.717) is 12.2 Å². The Labute approximate surface area is 124 Å². The van der Waals surface area contributed by atoms with Gasteiger partial charge in [-0.3, -0.25) is 9.59 Å². The number of carbonyl (C=O) groups excluding carboxylic acids is 1. The molecule has 0 rings (SSSR count). The smallest absolute Gasteiger partial charge is 0.323 e. The Balaban J connectivity index is 4.99. The van der Waals surface area contributed by atoms with Crippen LogP contribution < -0.4 is 4.72 Å². The highest BCUT2D eigenvalue weighted by Crippen LogP contribution is 2.06. The van der Waals surface area contributed by atoms with Crippen molar-refractivity contribution < 1.29 is 23.1 Å². The molecule has 0 fully saturated rings. The molecule has 1 atom stereocenters. The molecule has 0 heterocycles. The lowest BCUT2D eigenvalue weighted by Gasteiger charge is -2.25. The predicted octanol–water partition coefficient (Wildman–Crippen LogP) is -0.0195. The van der Waals surface area contributed by atoms with Gasteiger partial charge >= 0.3 is 5.97 Å². The normalized spacial score (nSPS) is 12.9. The fourth-order valence-corrected chi connectivity index (χ4v) is 2.79. The van der Waals surface area contributed by atoms with Crippen molar-refractivity contribution in [2.24, 2.45) is 0 Å². The summed E-state index contributed by atoms with van der Waals surface area (Å²) in [7, 11) is -3.52. The van der Waals surface area contributed by atoms with Crippen LogP contribution in [0, 0.1) is 0 Å². The van der Waals surface area contributed by atoms with E-state index in [2.05, 4.69) is 4.72 Å². The fourth-order valence-electron chi connectivity index (χ4n) is 1.50. The average Bonchev–Trinajstić information content (AvgIpc) is 2.39. The van der Waals surface area contributed by atoms with Gasteiger partial charge in [0.1, 0.15) is 12.6 Å². The van der Waals surface area contributed by atoms with Crippen LogP contribution in [0.15, 0.2) is 0 Å². The second-order valence-corrected chi connectivity index (χ2v) is 7.13. The zero-order valence-electron chi connectivity index (χ0n) is 12.0. The first-order valence-electron chi connectivity index (χ1n) is 6.26. The summed E-state index contributed by atoms with van der Waals surface area (Å²) in [6, 6.07) is -0.910. The first-order chi connectivity index (χ1) is 9.27. The fraction of sp³-hybridized carbons (Fsp3) is 0.818. The summed E-state index contributed by atoms with van der Waals surface area (Å²) in [4.78, 5) is 24.1. The van der Waals surface area contributed by atoms with Gasteiger partial charge in [-0.15, -0.1) is 0 Å². The van der Waals surface area contributed by atoms with Crippen LogP contribution in [0.1, 0.15) is 20.3 Å². The summed E-state index contributed by atoms with van der Waals surface area (Å²) in [6.07, 6.45) is 2.18. The molecule has 7 nitrogen and oxygen atoms in total. The summed E-state index contributed by atoms with van der Waals surface area (Å²) in [5.74, 6) is -1.14. The lowest BCUT2D eigenvalue weighted by atomic mass is 10.2. The van der Waals surface area contributed by atoms with Crippen LogP contribution in [0.5, 0.6) is 0 Å². The van der Waals surface area contributed by atoms with E-state index in [9.17, 15) is 18.0 Å². The van der Waals surface area contributed by atoms with Crippen molar-refractivity contribution in [1.29, 1.82) is 0 Å². The molecule has 0 aliphatic rings. The number of hydrogen-bond acceptors (Lipinski definition) is 5. The Bertz CT molecular complexity index is 425. The van der Waals surface area contributed by atoms with E-state index < -0.39 is 34.5 Å². The lowest BCUT2D eigenvalue weighted by Crippen LogP contribution is -2.50. The van der Waals surface area contributed by atoms with Crippen molar-refractivity contribution in [2.45, 2.75) is 26.3 Å². The summed E-state index contributed by atoms with van der Waals surface area (Å²) in [6.45, 7) is 2.92. The largest absolute Gasteiger partial charge is 0.480 e. The van der Waals surface area contributed by atoms with E-state index in [1.54, 1.807) is 6.92 Å². The van der Waals surface area contributed by atoms with Gasteiger partial charge in [0.05, 0.1) is 5.75 Å². The summed E-state index contributed by atoms with van der Waals surface area (Å²) < 4.78 is 25.6. The molecule has 0 saturated carbocycles. The lowest BCUT2D eigenvalue weighted by molar-refractivity contribution is -0.145. The molecule has 1 amide bonds. The SMILES string of the molecule is CCN(CC(=O)O)C(=O)C(CCSC)NS(=O)(=O)CC. The Kier molecular flexibility index (Phi) is 8.83. The van der Waals surface area contributed by atoms with Crippen LogP contribution in [-0.2, 0) is 19.6 Å². The van der Waals surface area contributed by atoms with Crippen molar-refractivity contribution in [3.63, 3.8) is 0 Å². The van der Waals surface area contributed by atoms with Gasteiger partial charge in [-0.1, -0.05) is 0 Å². The number of carbonyl (C=O) groups is 2. The van der Waals surface area contributed by atoms with Crippen molar-refractivity contribution in [2.75, 3.05) is 30.9 Å². The molecule has 0 aromatic rings. The molecule has 1 unspecified atom stereocenters. The number of hydrogen-bond donors (Lipinski definition) is 2. The second-order valence-electron chi connectivity index (χ2n) is 4.10. The number of thioether (sulfide) groups is 1. The van der Waals surface area contributed by atoms with E-state index in [-0.39, 0.29) is 12.3 Å². The quantitative estimate of drug-likeness (QED) is 0.585. The molecular weight excluding hydrogens is 304 g/mol. The molecule has 0 saturated heterocycles. The second kappa shape index (κ2) is 9.19. The van der Waals surface area contributed by atoms with Crippen LogP contribution in [0.3, 0.4) is 0 Å². The Morgan fingerprint density at radius 3 is 2.35 bits per heavy atom. The number of aliphatic carboxylic acids is 1. The third-order valence-corrected chi connectivity index (χ3v) is 4.68. The molecule has 0 aliphatic carbocycles. The topological polar surface area (TPSA) is 104 Å². The summed E-state index contributed by atoms with van der Waals surface area (Å²) >= 11 is 1.49. The number of sulfonamides is 1. The molecule has 118 valence electrons. The molecular formula is C11H22N2O5S2. The highest BCUT2D eigenvalue weighted by molar-refractivity contribution is 7.98. The van der Waals surface area contributed by atoms with E-state index in [1.165, 1.54) is 18.7 Å². The van der Waals surface area contributed by atoms with Crippen LogP contribution in [0.4, 0.5) is 0 Å². The number of nitrogens with zero attached hydrogens (tertiary/aromatic N) is 1. The predicted molar refractivity (Wildman–Crippen MR) is 79.3 cm³/mol. The number of amides is 1. The number of rotatable bonds is 10. The van der Waals surface area contributed by atoms with Crippen molar-refractivity contribution in [1.82, 2.24) is 9.62 Å². The number of nitrogens with one attached hydrogen (secondary N) is 1. The maximum atomic E-state index is 12.2. The van der Waals surface area contributed by atoms with Gasteiger partial charge in [-0.2, -0.15) is 11.8 Å². The van der Waals surface area contributed by atoms with Gasteiger partial charge in [-0.25, -0.2) is 13.1 Å². The first-order valence-corrected chi connectivity index (χ1v) is 9.31. The first kappa shape index (κ1) is 19.2. The monoisotopic (exact) mass is 326 g/mol. The maximum Gasteiger partial charge on any atom is 0.323 e. The maximum absolute atomic E-state index is 12.2. The number of carboxylic acid groups (broad SMARTS) is 1. The van der Waals surface area contributed by atoms with Crippen LogP contribution in [-0.4, -0.2) is 67.2 Å². The van der Waals surface area contributed by atoms with Crippen molar-refractivity contribution in [3.05, 3.63) is 0 Å². The van der Waals surface area contributed by atoms with Gasteiger partial charge < -0.3 is 10.0 Å². The van der Waals surface area contributed by atoms with E-state index in [4.69, 9.17) is 5.11 Å². The molecule has 0 spiro atoms. The zero-order valence-corrected chi connectivity index (χ0v) is 13.6. The number of carboxylic acids is 1. The van der Waals surface area contributed by atoms with E-state index in [0.717, 1.165) is 4.90 Å². The molecule has 0 aromatic heterocycles. The molecule has 0 bridgehead atoms. The molecule has 0 aromatic carbocycles. The molecule has 2 N–H and O–H groups in total. The Morgan fingerprint density at radius 2 is 1.95 bits per heavy atom. The molecule has 9 heteroatoms. The van der Waals surface area contributed by atoms with Crippen molar-refractivity contribution in [3.8, 4) is 0 Å². The minimum Gasteiger partial charge on any atom is -0.480 e. The van der Waals surface area contributed by atoms with Crippen molar-refractivity contribution >= 4 is 33.7 Å². The summed E-state index contributed by atoms with van der Waals surface area (Å²) in [5, 5.41) is 8.76. The van der Waals surface area contributed by atoms with Gasteiger partial charge in [0.2, 0.25) is 15.9 Å². The third kappa shape index (κ3) is 7.11. The average molecular weight is 326 g/mol. The molecule has 20 heavy (non-hydrogen) atoms. The van der Waals surface area contributed by atoms with Gasteiger partial charge in [0.15, 0.2) is 0 Å². The zero-order chi connectivity index (χ0) is 15.8. The van der Waals surface area contributed by atoms with Crippen LogP contribution in [0.2, 0.25) is 0 Å². The molecule has 0 radical (unpaired) electrons. The highest BCUT2D eigenvalue weighted by atomic mass is 32.2. The van der Waals surface area contributed by atoms with Crippen LogP contribution in [0.25, 0.3) is 0 Å². The third-order valence-electron chi connectivity index (χ3n) is 2.63. The number of likely N-dealkylation sites (N-methyl/N-ethyl adjacent to an activating group) is 1. The Morgan fingerprint density at radius 1 is 1.35 bits per heavy atom. The molecule has 0 aliphatic heterocycles. The van der Waals surface area contributed by atoms with E-state index >= 15 is 0 Å².